The standard InChI is InChI=1S/C16H25N3O3.HI/c1-5-17-15(19-10-16(2,3)20-4)18-9-12-6-7-13-14(8-12)22-11-21-13;/h6-8H,5,9-11H2,1-4H3,(H2,17,18,19);1H. The van der Waals surface area contributed by atoms with Crippen LogP contribution in [-0.4, -0.2) is 38.6 Å². The second-order valence-corrected chi connectivity index (χ2v) is 5.70. The minimum Gasteiger partial charge on any atom is -0.454 e. The van der Waals surface area contributed by atoms with Gasteiger partial charge < -0.3 is 24.8 Å². The average molecular weight is 435 g/mol. The number of benzene rings is 1. The highest BCUT2D eigenvalue weighted by atomic mass is 127. The van der Waals surface area contributed by atoms with Crippen LogP contribution >= 0.6 is 24.0 Å². The van der Waals surface area contributed by atoms with E-state index in [1.54, 1.807) is 7.11 Å². The Morgan fingerprint density at radius 3 is 2.70 bits per heavy atom. The van der Waals surface area contributed by atoms with Gasteiger partial charge in [-0.05, 0) is 38.5 Å². The fraction of sp³-hybridized carbons (Fsp3) is 0.562. The Hall–Kier alpha value is -1.22. The molecule has 1 aliphatic rings. The second kappa shape index (κ2) is 9.17. The summed E-state index contributed by atoms with van der Waals surface area (Å²) in [5.41, 5.74) is 0.835. The molecule has 0 unspecified atom stereocenters. The first-order valence-corrected chi connectivity index (χ1v) is 7.50. The molecule has 1 aromatic rings. The van der Waals surface area contributed by atoms with Crippen LogP contribution in [0.1, 0.15) is 26.3 Å². The zero-order chi connectivity index (χ0) is 16.0. The van der Waals surface area contributed by atoms with Crippen molar-refractivity contribution >= 4 is 29.9 Å². The van der Waals surface area contributed by atoms with Gasteiger partial charge in [0.2, 0.25) is 6.79 Å². The highest BCUT2D eigenvalue weighted by Gasteiger charge is 2.16. The van der Waals surface area contributed by atoms with Crippen molar-refractivity contribution in [2.75, 3.05) is 27.0 Å². The smallest absolute Gasteiger partial charge is 0.231 e. The largest absolute Gasteiger partial charge is 0.454 e. The molecule has 0 bridgehead atoms. The average Bonchev–Trinajstić information content (AvgIpc) is 2.97. The van der Waals surface area contributed by atoms with Gasteiger partial charge in [0.1, 0.15) is 0 Å². The van der Waals surface area contributed by atoms with E-state index < -0.39 is 0 Å². The lowest BCUT2D eigenvalue weighted by Gasteiger charge is -2.24. The number of ether oxygens (including phenoxy) is 3. The Kier molecular flexibility index (Phi) is 7.90. The van der Waals surface area contributed by atoms with E-state index in [9.17, 15) is 0 Å². The molecule has 0 atom stereocenters. The number of methoxy groups -OCH3 is 1. The van der Waals surface area contributed by atoms with Gasteiger partial charge >= 0.3 is 0 Å². The van der Waals surface area contributed by atoms with Crippen molar-refractivity contribution in [3.63, 3.8) is 0 Å². The fourth-order valence-electron chi connectivity index (χ4n) is 1.92. The molecule has 0 aliphatic carbocycles. The van der Waals surface area contributed by atoms with Crippen LogP contribution < -0.4 is 20.1 Å². The first-order valence-electron chi connectivity index (χ1n) is 7.50. The fourth-order valence-corrected chi connectivity index (χ4v) is 1.92. The summed E-state index contributed by atoms with van der Waals surface area (Å²) in [6, 6.07) is 5.88. The van der Waals surface area contributed by atoms with Crippen LogP contribution in [0.5, 0.6) is 11.5 Å². The molecule has 6 nitrogen and oxygen atoms in total. The Bertz CT molecular complexity index is 535. The number of guanidine groups is 1. The van der Waals surface area contributed by atoms with E-state index >= 15 is 0 Å². The quantitative estimate of drug-likeness (QED) is 0.409. The molecule has 0 saturated heterocycles. The summed E-state index contributed by atoms with van der Waals surface area (Å²) in [7, 11) is 1.71. The monoisotopic (exact) mass is 435 g/mol. The van der Waals surface area contributed by atoms with Crippen molar-refractivity contribution < 1.29 is 14.2 Å². The van der Waals surface area contributed by atoms with Gasteiger partial charge in [-0.1, -0.05) is 6.07 Å². The van der Waals surface area contributed by atoms with Crippen molar-refractivity contribution in [1.29, 1.82) is 0 Å². The Labute approximate surface area is 155 Å². The highest BCUT2D eigenvalue weighted by Crippen LogP contribution is 2.32. The van der Waals surface area contributed by atoms with Crippen LogP contribution in [0.2, 0.25) is 0 Å². The molecule has 130 valence electrons. The third-order valence-electron chi connectivity index (χ3n) is 3.44. The topological polar surface area (TPSA) is 64.1 Å². The Balaban J connectivity index is 0.00000264. The number of nitrogens with zero attached hydrogens (tertiary/aromatic N) is 1. The van der Waals surface area contributed by atoms with E-state index in [1.165, 1.54) is 0 Å². The summed E-state index contributed by atoms with van der Waals surface area (Å²) in [5.74, 6) is 2.34. The zero-order valence-electron chi connectivity index (χ0n) is 14.1. The minimum absolute atomic E-state index is 0. The molecule has 2 N–H and O–H groups in total. The molecule has 1 aromatic carbocycles. The van der Waals surface area contributed by atoms with E-state index in [2.05, 4.69) is 15.6 Å². The summed E-state index contributed by atoms with van der Waals surface area (Å²) in [4.78, 5) is 4.59. The van der Waals surface area contributed by atoms with E-state index in [0.29, 0.717) is 19.9 Å². The molecule has 2 rings (SSSR count). The predicted octanol–water partition coefficient (Wildman–Crippen LogP) is 2.51. The predicted molar refractivity (Wildman–Crippen MR) is 102 cm³/mol. The van der Waals surface area contributed by atoms with Crippen LogP contribution in [0.25, 0.3) is 0 Å². The molecule has 1 heterocycles. The maximum absolute atomic E-state index is 5.40. The molecular formula is C16H26IN3O3. The lowest BCUT2D eigenvalue weighted by atomic mass is 10.1. The molecule has 0 amide bonds. The molecule has 0 saturated carbocycles. The van der Waals surface area contributed by atoms with Crippen molar-refractivity contribution in [1.82, 2.24) is 10.6 Å². The molecule has 1 aliphatic heterocycles. The van der Waals surface area contributed by atoms with Crippen LogP contribution in [0.4, 0.5) is 0 Å². The lowest BCUT2D eigenvalue weighted by Crippen LogP contribution is -2.45. The maximum Gasteiger partial charge on any atom is 0.231 e. The van der Waals surface area contributed by atoms with Crippen LogP contribution in [0.3, 0.4) is 0 Å². The van der Waals surface area contributed by atoms with Gasteiger partial charge in [-0.15, -0.1) is 24.0 Å². The number of fused-ring (bicyclic) bond motifs is 1. The first kappa shape index (κ1) is 19.8. The number of hydrogen-bond donors (Lipinski definition) is 2. The van der Waals surface area contributed by atoms with Gasteiger partial charge in [0.15, 0.2) is 17.5 Å². The summed E-state index contributed by atoms with van der Waals surface area (Å²) in [6.07, 6.45) is 0. The molecule has 0 radical (unpaired) electrons. The highest BCUT2D eigenvalue weighted by molar-refractivity contribution is 14.0. The van der Waals surface area contributed by atoms with E-state index in [0.717, 1.165) is 29.6 Å². The zero-order valence-corrected chi connectivity index (χ0v) is 16.5. The van der Waals surface area contributed by atoms with Crippen molar-refractivity contribution in [2.45, 2.75) is 32.9 Å². The summed E-state index contributed by atoms with van der Waals surface area (Å²) < 4.78 is 16.1. The molecule has 0 fully saturated rings. The van der Waals surface area contributed by atoms with Crippen LogP contribution in [-0.2, 0) is 11.3 Å². The summed E-state index contributed by atoms with van der Waals surface area (Å²) in [6.45, 7) is 8.44. The van der Waals surface area contributed by atoms with Gasteiger partial charge in [0.05, 0.1) is 12.1 Å². The van der Waals surface area contributed by atoms with Gasteiger partial charge in [-0.3, -0.25) is 0 Å². The van der Waals surface area contributed by atoms with Gasteiger partial charge in [0, 0.05) is 20.2 Å². The van der Waals surface area contributed by atoms with Crippen molar-refractivity contribution in [3.05, 3.63) is 23.8 Å². The summed E-state index contributed by atoms with van der Waals surface area (Å²) >= 11 is 0. The molecule has 7 heteroatoms. The molecule has 0 spiro atoms. The normalized spacial score (nSPS) is 13.5. The molecule has 23 heavy (non-hydrogen) atoms. The van der Waals surface area contributed by atoms with Gasteiger partial charge in [-0.2, -0.15) is 0 Å². The SMILES string of the molecule is CCNC(=NCc1ccc2c(c1)OCO2)NCC(C)(C)OC.I. The minimum atomic E-state index is -0.241. The number of aliphatic imine (C=N–C) groups is 1. The van der Waals surface area contributed by atoms with E-state index in [-0.39, 0.29) is 29.6 Å². The van der Waals surface area contributed by atoms with E-state index in [4.69, 9.17) is 14.2 Å². The molecule has 0 aromatic heterocycles. The third-order valence-corrected chi connectivity index (χ3v) is 3.44. The second-order valence-electron chi connectivity index (χ2n) is 5.70. The Morgan fingerprint density at radius 2 is 2.00 bits per heavy atom. The van der Waals surface area contributed by atoms with Crippen molar-refractivity contribution in [2.24, 2.45) is 4.99 Å². The van der Waals surface area contributed by atoms with Crippen LogP contribution in [0.15, 0.2) is 23.2 Å². The number of hydrogen-bond acceptors (Lipinski definition) is 4. The Morgan fingerprint density at radius 1 is 1.26 bits per heavy atom. The van der Waals surface area contributed by atoms with E-state index in [1.807, 2.05) is 39.0 Å². The summed E-state index contributed by atoms with van der Waals surface area (Å²) in [5, 5.41) is 6.52. The number of rotatable bonds is 6. The lowest BCUT2D eigenvalue weighted by molar-refractivity contribution is 0.0268. The van der Waals surface area contributed by atoms with Gasteiger partial charge in [0.25, 0.3) is 0 Å². The van der Waals surface area contributed by atoms with Gasteiger partial charge in [-0.25, -0.2) is 4.99 Å². The number of nitrogens with one attached hydrogen (secondary N) is 2. The third kappa shape index (κ3) is 6.06. The van der Waals surface area contributed by atoms with Crippen molar-refractivity contribution in [3.8, 4) is 11.5 Å². The maximum atomic E-state index is 5.40. The molecular weight excluding hydrogens is 409 g/mol. The van der Waals surface area contributed by atoms with Crippen LogP contribution in [0, 0.1) is 0 Å². The first-order chi connectivity index (χ1) is 10.5. The number of halogens is 1.